The average Bonchev–Trinajstić information content (AvgIpc) is 2.60. The lowest BCUT2D eigenvalue weighted by atomic mass is 9.77. The van der Waals surface area contributed by atoms with Crippen LogP contribution in [0.3, 0.4) is 0 Å². The van der Waals surface area contributed by atoms with Crippen LogP contribution >= 0.6 is 0 Å². The van der Waals surface area contributed by atoms with Gasteiger partial charge in [-0.2, -0.15) is 0 Å². The SMILES string of the molecule is CCC[C@H]1C(=O)C[C@@H](c2ccccc2)[NH+](C)[C@H]1c1ccccc1. The van der Waals surface area contributed by atoms with Gasteiger partial charge >= 0.3 is 0 Å². The third-order valence-corrected chi connectivity index (χ3v) is 5.22. The van der Waals surface area contributed by atoms with Gasteiger partial charge in [0.05, 0.1) is 19.4 Å². The number of carbonyl (C=O) groups excluding carboxylic acids is 1. The van der Waals surface area contributed by atoms with Gasteiger partial charge in [0.25, 0.3) is 0 Å². The van der Waals surface area contributed by atoms with E-state index in [4.69, 9.17) is 0 Å². The molecule has 1 heterocycles. The fraction of sp³-hybridized carbons (Fsp3) is 0.381. The van der Waals surface area contributed by atoms with E-state index in [1.807, 2.05) is 12.1 Å². The first-order valence-corrected chi connectivity index (χ1v) is 8.68. The van der Waals surface area contributed by atoms with Gasteiger partial charge in [-0.15, -0.1) is 0 Å². The summed E-state index contributed by atoms with van der Waals surface area (Å²) in [5.41, 5.74) is 2.56. The fourth-order valence-corrected chi connectivity index (χ4v) is 4.09. The standard InChI is InChI=1S/C21H25NO/c1-3-10-18-20(23)15-19(16-11-6-4-7-12-16)22(2)21(18)17-13-8-5-9-14-17/h4-9,11-14,18-19,21H,3,10,15H2,1-2H3/p+1/t18-,19-,21-/m0/s1. The Labute approximate surface area is 139 Å². The van der Waals surface area contributed by atoms with Gasteiger partial charge in [-0.05, 0) is 6.42 Å². The van der Waals surface area contributed by atoms with Crippen molar-refractivity contribution in [3.05, 3.63) is 71.8 Å². The molecule has 0 saturated carbocycles. The number of likely N-dealkylation sites (tertiary alicyclic amines) is 1. The van der Waals surface area contributed by atoms with Gasteiger partial charge in [-0.1, -0.05) is 74.0 Å². The van der Waals surface area contributed by atoms with Gasteiger partial charge < -0.3 is 4.90 Å². The molecule has 2 aromatic rings. The van der Waals surface area contributed by atoms with Crippen LogP contribution < -0.4 is 4.90 Å². The van der Waals surface area contributed by atoms with Crippen LogP contribution in [0.25, 0.3) is 0 Å². The Morgan fingerprint density at radius 2 is 1.52 bits per heavy atom. The van der Waals surface area contributed by atoms with Crippen LogP contribution in [0.1, 0.15) is 49.4 Å². The van der Waals surface area contributed by atoms with Crippen molar-refractivity contribution in [1.29, 1.82) is 0 Å². The van der Waals surface area contributed by atoms with Crippen molar-refractivity contribution in [2.75, 3.05) is 7.05 Å². The van der Waals surface area contributed by atoms with E-state index in [9.17, 15) is 4.79 Å². The van der Waals surface area contributed by atoms with Crippen LogP contribution in [-0.4, -0.2) is 12.8 Å². The summed E-state index contributed by atoms with van der Waals surface area (Å²) in [5.74, 6) is 0.572. The highest BCUT2D eigenvalue weighted by atomic mass is 16.1. The number of benzene rings is 2. The summed E-state index contributed by atoms with van der Waals surface area (Å²) in [6, 6.07) is 21.6. The molecule has 2 aromatic carbocycles. The Balaban J connectivity index is 1.98. The van der Waals surface area contributed by atoms with E-state index in [-0.39, 0.29) is 18.0 Å². The largest absolute Gasteiger partial charge is 0.324 e. The fourth-order valence-electron chi connectivity index (χ4n) is 4.09. The molecule has 120 valence electrons. The van der Waals surface area contributed by atoms with Crippen molar-refractivity contribution in [1.82, 2.24) is 0 Å². The van der Waals surface area contributed by atoms with Crippen molar-refractivity contribution < 1.29 is 9.69 Å². The van der Waals surface area contributed by atoms with Crippen molar-refractivity contribution in [2.45, 2.75) is 38.3 Å². The third kappa shape index (κ3) is 3.23. The molecule has 2 heteroatoms. The molecule has 0 aromatic heterocycles. The molecule has 4 atom stereocenters. The van der Waals surface area contributed by atoms with Gasteiger partial charge in [0.2, 0.25) is 0 Å². The maximum atomic E-state index is 12.9. The van der Waals surface area contributed by atoms with E-state index in [1.54, 1.807) is 0 Å². The van der Waals surface area contributed by atoms with Crippen molar-refractivity contribution >= 4 is 5.78 Å². The quantitative estimate of drug-likeness (QED) is 0.919. The summed E-state index contributed by atoms with van der Waals surface area (Å²) in [4.78, 5) is 14.3. The molecule has 1 fully saturated rings. The molecule has 0 spiro atoms. The Bertz CT molecular complexity index is 637. The molecular weight excluding hydrogens is 282 g/mol. The maximum Gasteiger partial charge on any atom is 0.148 e. The normalized spacial score (nSPS) is 27.8. The van der Waals surface area contributed by atoms with Gasteiger partial charge in [0, 0.05) is 11.1 Å². The molecule has 23 heavy (non-hydrogen) atoms. The zero-order valence-corrected chi connectivity index (χ0v) is 14.0. The molecule has 1 unspecified atom stereocenters. The number of piperidine rings is 1. The predicted molar refractivity (Wildman–Crippen MR) is 93.3 cm³/mol. The van der Waals surface area contributed by atoms with Crippen molar-refractivity contribution in [3.63, 3.8) is 0 Å². The lowest BCUT2D eigenvalue weighted by molar-refractivity contribution is -0.949. The number of rotatable bonds is 4. The van der Waals surface area contributed by atoms with Crippen molar-refractivity contribution in [2.24, 2.45) is 5.92 Å². The van der Waals surface area contributed by atoms with E-state index in [0.29, 0.717) is 12.2 Å². The minimum Gasteiger partial charge on any atom is -0.324 e. The highest BCUT2D eigenvalue weighted by Gasteiger charge is 2.44. The van der Waals surface area contributed by atoms with Crippen LogP contribution in [0, 0.1) is 5.92 Å². The summed E-state index contributed by atoms with van der Waals surface area (Å²) in [6.07, 6.45) is 2.70. The summed E-state index contributed by atoms with van der Waals surface area (Å²) in [5, 5.41) is 0. The molecule has 1 N–H and O–H groups in total. The second-order valence-corrected chi connectivity index (χ2v) is 6.66. The minimum absolute atomic E-state index is 0.141. The Kier molecular flexibility index (Phi) is 4.92. The number of quaternary nitrogens is 1. The van der Waals surface area contributed by atoms with E-state index >= 15 is 0 Å². The molecule has 2 nitrogen and oxygen atoms in total. The van der Waals surface area contributed by atoms with E-state index in [0.717, 1.165) is 12.8 Å². The van der Waals surface area contributed by atoms with E-state index in [2.05, 4.69) is 62.5 Å². The maximum absolute atomic E-state index is 12.9. The zero-order chi connectivity index (χ0) is 16.2. The van der Waals surface area contributed by atoms with Crippen LogP contribution in [0.15, 0.2) is 60.7 Å². The number of hydrogen-bond donors (Lipinski definition) is 1. The summed E-state index contributed by atoms with van der Waals surface area (Å²) < 4.78 is 0. The second-order valence-electron chi connectivity index (χ2n) is 6.66. The van der Waals surface area contributed by atoms with Crippen LogP contribution in [0.4, 0.5) is 0 Å². The topological polar surface area (TPSA) is 21.5 Å². The molecule has 0 radical (unpaired) electrons. The first kappa shape index (κ1) is 15.9. The Hall–Kier alpha value is -1.93. The Morgan fingerprint density at radius 1 is 0.957 bits per heavy atom. The summed E-state index contributed by atoms with van der Waals surface area (Å²) >= 11 is 0. The molecule has 1 saturated heterocycles. The number of Topliss-reactive ketones (excluding diaryl/α,β-unsaturated/α-hetero) is 1. The lowest BCUT2D eigenvalue weighted by Gasteiger charge is -2.41. The van der Waals surface area contributed by atoms with E-state index in [1.165, 1.54) is 16.0 Å². The monoisotopic (exact) mass is 308 g/mol. The minimum atomic E-state index is 0.141. The van der Waals surface area contributed by atoms with Gasteiger partial charge in [0.15, 0.2) is 0 Å². The first-order valence-electron chi connectivity index (χ1n) is 8.68. The number of carbonyl (C=O) groups is 1. The van der Waals surface area contributed by atoms with Gasteiger partial charge in [-0.3, -0.25) is 4.79 Å². The number of nitrogens with one attached hydrogen (secondary N) is 1. The smallest absolute Gasteiger partial charge is 0.148 e. The van der Waals surface area contributed by atoms with Crippen LogP contribution in [0.5, 0.6) is 0 Å². The summed E-state index contributed by atoms with van der Waals surface area (Å²) in [7, 11) is 2.25. The summed E-state index contributed by atoms with van der Waals surface area (Å²) in [6.45, 7) is 2.17. The van der Waals surface area contributed by atoms with Crippen molar-refractivity contribution in [3.8, 4) is 0 Å². The third-order valence-electron chi connectivity index (χ3n) is 5.22. The second kappa shape index (κ2) is 7.10. The highest BCUT2D eigenvalue weighted by Crippen LogP contribution is 2.33. The average molecular weight is 308 g/mol. The Morgan fingerprint density at radius 3 is 2.09 bits per heavy atom. The van der Waals surface area contributed by atoms with E-state index < -0.39 is 0 Å². The molecule has 0 amide bonds. The highest BCUT2D eigenvalue weighted by molar-refractivity contribution is 5.83. The number of hydrogen-bond acceptors (Lipinski definition) is 1. The molecule has 0 bridgehead atoms. The first-order chi connectivity index (χ1) is 11.2. The predicted octanol–water partition coefficient (Wildman–Crippen LogP) is 3.37. The molecular formula is C21H26NO+. The van der Waals surface area contributed by atoms with Crippen LogP contribution in [-0.2, 0) is 4.79 Å². The molecule has 1 aliphatic rings. The van der Waals surface area contributed by atoms with Gasteiger partial charge in [0.1, 0.15) is 17.9 Å². The molecule has 0 aliphatic carbocycles. The zero-order valence-electron chi connectivity index (χ0n) is 14.0. The lowest BCUT2D eigenvalue weighted by Crippen LogP contribution is -3.11. The van der Waals surface area contributed by atoms with Crippen LogP contribution in [0.2, 0.25) is 0 Å². The van der Waals surface area contributed by atoms with Gasteiger partial charge in [-0.25, -0.2) is 0 Å². The molecule has 1 aliphatic heterocycles. The number of ketones is 1. The molecule has 3 rings (SSSR count).